The molecule has 0 aliphatic rings. The van der Waals surface area contributed by atoms with Gasteiger partial charge in [0.15, 0.2) is 11.5 Å². The molecule has 0 unspecified atom stereocenters. The van der Waals surface area contributed by atoms with E-state index in [9.17, 15) is 9.59 Å². The normalized spacial score (nSPS) is 10.5. The molecule has 31 heavy (non-hydrogen) atoms. The van der Waals surface area contributed by atoms with Crippen molar-refractivity contribution in [2.75, 3.05) is 13.7 Å². The van der Waals surface area contributed by atoms with Crippen LogP contribution in [0.2, 0.25) is 0 Å². The van der Waals surface area contributed by atoms with Crippen LogP contribution in [0.4, 0.5) is 0 Å². The molecule has 1 amide bonds. The lowest BCUT2D eigenvalue weighted by molar-refractivity contribution is -0.129. The minimum atomic E-state index is -0.710. The van der Waals surface area contributed by atoms with Crippen molar-refractivity contribution in [1.29, 1.82) is 0 Å². The van der Waals surface area contributed by atoms with Gasteiger partial charge in [0.2, 0.25) is 0 Å². The lowest BCUT2D eigenvalue weighted by Gasteiger charge is -2.13. The van der Waals surface area contributed by atoms with Crippen LogP contribution in [0.5, 0.6) is 11.5 Å². The zero-order valence-corrected chi connectivity index (χ0v) is 17.6. The van der Waals surface area contributed by atoms with Crippen molar-refractivity contribution >= 4 is 22.8 Å². The number of nitrogens with zero attached hydrogens (tertiary/aromatic N) is 2. The molecule has 2 heterocycles. The third-order valence-corrected chi connectivity index (χ3v) is 4.59. The fourth-order valence-electron chi connectivity index (χ4n) is 2.98. The molecule has 2 aromatic heterocycles. The summed E-state index contributed by atoms with van der Waals surface area (Å²) < 4.78 is 11.3. The van der Waals surface area contributed by atoms with Crippen LogP contribution in [0.15, 0.2) is 48.9 Å². The number of hydrogen-bond donors (Lipinski definition) is 1. The fourth-order valence-corrected chi connectivity index (χ4v) is 2.98. The Labute approximate surface area is 180 Å². The van der Waals surface area contributed by atoms with Gasteiger partial charge in [-0.1, -0.05) is 19.8 Å². The fraction of sp³-hybridized carbons (Fsp3) is 0.304. The number of carbonyl (C=O) groups is 2. The van der Waals surface area contributed by atoms with Gasteiger partial charge in [-0.05, 0) is 42.3 Å². The predicted octanol–water partition coefficient (Wildman–Crippen LogP) is 3.64. The zero-order valence-electron chi connectivity index (χ0n) is 17.6. The summed E-state index contributed by atoms with van der Waals surface area (Å²) in [4.78, 5) is 37.5. The van der Waals surface area contributed by atoms with Gasteiger partial charge >= 0.3 is 5.97 Å². The first-order valence-corrected chi connectivity index (χ1v) is 10.1. The summed E-state index contributed by atoms with van der Waals surface area (Å²) in [5.74, 6) is -0.0311. The van der Waals surface area contributed by atoms with E-state index in [2.05, 4.69) is 22.4 Å². The van der Waals surface area contributed by atoms with Crippen LogP contribution in [-0.2, 0) is 16.1 Å². The molecule has 0 radical (unpaired) electrons. The van der Waals surface area contributed by atoms with Crippen LogP contribution >= 0.6 is 0 Å². The highest BCUT2D eigenvalue weighted by Crippen LogP contribution is 2.34. The number of aromatic nitrogens is 2. The Hall–Kier alpha value is -3.68. The van der Waals surface area contributed by atoms with Gasteiger partial charge < -0.3 is 14.3 Å². The molecule has 0 spiro atoms. The number of rotatable bonds is 9. The maximum absolute atomic E-state index is 12.4. The Morgan fingerprint density at radius 1 is 1.10 bits per heavy atom. The topological polar surface area (TPSA) is 99.6 Å². The number of fused-ring (bicyclic) bond motifs is 1. The van der Waals surface area contributed by atoms with Gasteiger partial charge in [0.25, 0.3) is 5.91 Å². The van der Waals surface area contributed by atoms with Crippen molar-refractivity contribution in [2.45, 2.75) is 32.6 Å². The number of hydroxylamine groups is 1. The molecule has 0 bridgehead atoms. The van der Waals surface area contributed by atoms with Gasteiger partial charge in [0.1, 0.15) is 5.52 Å². The van der Waals surface area contributed by atoms with Crippen molar-refractivity contribution in [1.82, 2.24) is 15.4 Å². The maximum Gasteiger partial charge on any atom is 0.364 e. The third kappa shape index (κ3) is 5.91. The van der Waals surface area contributed by atoms with Gasteiger partial charge in [-0.3, -0.25) is 14.8 Å². The van der Waals surface area contributed by atoms with E-state index in [4.69, 9.17) is 14.3 Å². The Balaban J connectivity index is 1.68. The van der Waals surface area contributed by atoms with E-state index in [0.717, 1.165) is 24.8 Å². The molecule has 8 heteroatoms. The number of methoxy groups -OCH3 is 1. The van der Waals surface area contributed by atoms with E-state index >= 15 is 0 Å². The summed E-state index contributed by atoms with van der Waals surface area (Å²) in [6, 6.07) is 8.62. The Morgan fingerprint density at radius 3 is 2.65 bits per heavy atom. The second-order valence-electron chi connectivity index (χ2n) is 6.90. The molecule has 1 N–H and O–H groups in total. The summed E-state index contributed by atoms with van der Waals surface area (Å²) in [7, 11) is 1.57. The van der Waals surface area contributed by atoms with E-state index in [1.165, 1.54) is 6.20 Å². The van der Waals surface area contributed by atoms with Crippen LogP contribution in [0.3, 0.4) is 0 Å². The minimum Gasteiger partial charge on any atom is -0.493 e. The van der Waals surface area contributed by atoms with Crippen LogP contribution in [-0.4, -0.2) is 35.6 Å². The standard InChI is InChI=1S/C23H25N3O5/c1-3-4-5-12-30-22-19(29-2)7-6-17-14-18(15-25-21(17)22)23(28)31-26-20(27)13-16-8-10-24-11-9-16/h6-11,14-15H,3-5,12-13H2,1-2H3,(H,26,27). The number of benzene rings is 1. The highest BCUT2D eigenvalue weighted by Gasteiger charge is 2.16. The quantitative estimate of drug-likeness (QED) is 0.414. The van der Waals surface area contributed by atoms with Crippen LogP contribution in [0.25, 0.3) is 10.9 Å². The Morgan fingerprint density at radius 2 is 1.90 bits per heavy atom. The van der Waals surface area contributed by atoms with E-state index in [-0.39, 0.29) is 12.0 Å². The second kappa shape index (κ2) is 10.9. The van der Waals surface area contributed by atoms with Crippen molar-refractivity contribution in [2.24, 2.45) is 0 Å². The number of carbonyl (C=O) groups excluding carboxylic acids is 2. The van der Waals surface area contributed by atoms with Gasteiger partial charge in [-0.2, -0.15) is 5.48 Å². The molecular weight excluding hydrogens is 398 g/mol. The van der Waals surface area contributed by atoms with Crippen LogP contribution < -0.4 is 15.0 Å². The van der Waals surface area contributed by atoms with Gasteiger partial charge in [0.05, 0.1) is 25.7 Å². The van der Waals surface area contributed by atoms with Crippen molar-refractivity contribution < 1.29 is 23.9 Å². The summed E-state index contributed by atoms with van der Waals surface area (Å²) in [5, 5.41) is 0.698. The lowest BCUT2D eigenvalue weighted by atomic mass is 10.1. The number of amides is 1. The third-order valence-electron chi connectivity index (χ3n) is 4.59. The van der Waals surface area contributed by atoms with E-state index in [0.29, 0.717) is 29.0 Å². The smallest absolute Gasteiger partial charge is 0.364 e. The summed E-state index contributed by atoms with van der Waals surface area (Å²) >= 11 is 0. The number of pyridine rings is 2. The van der Waals surface area contributed by atoms with Crippen LogP contribution in [0, 0.1) is 0 Å². The number of hydrogen-bond acceptors (Lipinski definition) is 7. The lowest BCUT2D eigenvalue weighted by Crippen LogP contribution is -2.28. The molecule has 1 aromatic carbocycles. The first kappa shape index (κ1) is 22.0. The zero-order chi connectivity index (χ0) is 22.1. The average Bonchev–Trinajstić information content (AvgIpc) is 2.80. The molecule has 3 rings (SSSR count). The molecule has 0 atom stereocenters. The predicted molar refractivity (Wildman–Crippen MR) is 115 cm³/mol. The van der Waals surface area contributed by atoms with Gasteiger partial charge in [0, 0.05) is 24.0 Å². The summed E-state index contributed by atoms with van der Waals surface area (Å²) in [5.41, 5.74) is 3.73. The van der Waals surface area contributed by atoms with Crippen LogP contribution in [0.1, 0.15) is 42.1 Å². The van der Waals surface area contributed by atoms with Gasteiger partial charge in [-0.25, -0.2) is 4.79 Å². The molecule has 0 saturated heterocycles. The summed E-state index contributed by atoms with van der Waals surface area (Å²) in [6.07, 6.45) is 7.74. The highest BCUT2D eigenvalue weighted by atomic mass is 16.7. The minimum absolute atomic E-state index is 0.0737. The van der Waals surface area contributed by atoms with E-state index in [1.807, 2.05) is 0 Å². The molecule has 0 fully saturated rings. The Bertz CT molecular complexity index is 1040. The van der Waals surface area contributed by atoms with Crippen molar-refractivity contribution in [3.63, 3.8) is 0 Å². The van der Waals surface area contributed by atoms with Gasteiger partial charge in [-0.15, -0.1) is 0 Å². The van der Waals surface area contributed by atoms with Crippen molar-refractivity contribution in [3.8, 4) is 11.5 Å². The first-order chi connectivity index (χ1) is 15.1. The molecule has 0 aliphatic carbocycles. The second-order valence-corrected chi connectivity index (χ2v) is 6.90. The molecular formula is C23H25N3O5. The van der Waals surface area contributed by atoms with Crippen molar-refractivity contribution in [3.05, 3.63) is 60.0 Å². The molecule has 0 saturated carbocycles. The number of unbranched alkanes of at least 4 members (excludes halogenated alkanes) is 2. The Kier molecular flexibility index (Phi) is 7.75. The molecule has 0 aliphatic heterocycles. The largest absolute Gasteiger partial charge is 0.493 e. The SMILES string of the molecule is CCCCCOc1c(OC)ccc2cc(C(=O)ONC(=O)Cc3ccncc3)cnc12. The summed E-state index contributed by atoms with van der Waals surface area (Å²) in [6.45, 7) is 2.68. The monoisotopic (exact) mass is 423 g/mol. The average molecular weight is 423 g/mol. The molecule has 3 aromatic rings. The van der Waals surface area contributed by atoms with E-state index < -0.39 is 11.9 Å². The highest BCUT2D eigenvalue weighted by molar-refractivity contribution is 5.96. The maximum atomic E-state index is 12.4. The molecule has 8 nitrogen and oxygen atoms in total. The first-order valence-electron chi connectivity index (χ1n) is 10.1. The van der Waals surface area contributed by atoms with E-state index in [1.54, 1.807) is 49.8 Å². The molecule has 162 valence electrons. The number of ether oxygens (including phenoxy) is 2. The number of nitrogens with one attached hydrogen (secondary N) is 1.